The van der Waals surface area contributed by atoms with Crippen LogP contribution in [0.15, 0.2) is 11.8 Å². The van der Waals surface area contributed by atoms with Crippen LogP contribution in [0.2, 0.25) is 0 Å². The predicted molar refractivity (Wildman–Crippen MR) is 54.5 cm³/mol. The van der Waals surface area contributed by atoms with E-state index in [1.807, 2.05) is 0 Å². The summed E-state index contributed by atoms with van der Waals surface area (Å²) in [6, 6.07) is 0. The van der Waals surface area contributed by atoms with Crippen LogP contribution in [0.3, 0.4) is 0 Å². The molecule has 0 radical (unpaired) electrons. The Balaban J connectivity index is 4.70. The van der Waals surface area contributed by atoms with Crippen molar-refractivity contribution >= 4 is 19.2 Å². The van der Waals surface area contributed by atoms with Crippen molar-refractivity contribution in [2.75, 3.05) is 19.9 Å². The number of ether oxygens (including phenoxy) is 1. The number of nitrogens with one attached hydrogen (secondary N) is 1. The fourth-order valence-electron chi connectivity index (χ4n) is 0.746. The number of carbonyl (C=O) groups excluding carboxylic acids is 2. The molecule has 7 heteroatoms. The van der Waals surface area contributed by atoms with E-state index in [0.29, 0.717) is 0 Å². The SMILES string of the molecule is COC(=O)/C(=C/CP(C)(=O)O)NC(C)=O. The van der Waals surface area contributed by atoms with E-state index < -0.39 is 19.2 Å². The van der Waals surface area contributed by atoms with E-state index >= 15 is 0 Å². The van der Waals surface area contributed by atoms with Gasteiger partial charge in [-0.05, 0) is 6.08 Å². The van der Waals surface area contributed by atoms with Gasteiger partial charge in [0.25, 0.3) is 0 Å². The highest BCUT2D eigenvalue weighted by molar-refractivity contribution is 7.57. The highest BCUT2D eigenvalue weighted by Gasteiger charge is 2.14. The molecule has 1 unspecified atom stereocenters. The number of methoxy groups -OCH3 is 1. The molecule has 0 aliphatic rings. The Kier molecular flexibility index (Phi) is 5.25. The van der Waals surface area contributed by atoms with E-state index in [-0.39, 0.29) is 11.9 Å². The van der Waals surface area contributed by atoms with Crippen LogP contribution in [-0.2, 0) is 18.9 Å². The van der Waals surface area contributed by atoms with E-state index in [1.165, 1.54) is 13.0 Å². The summed E-state index contributed by atoms with van der Waals surface area (Å²) >= 11 is 0. The first-order chi connectivity index (χ1) is 6.76. The summed E-state index contributed by atoms with van der Waals surface area (Å²) in [4.78, 5) is 30.8. The molecule has 2 N–H and O–H groups in total. The molecule has 0 saturated carbocycles. The predicted octanol–water partition coefficient (Wildman–Crippen LogP) is 0.0796. The molecule has 0 aromatic carbocycles. The zero-order valence-corrected chi connectivity index (χ0v) is 9.71. The van der Waals surface area contributed by atoms with E-state index in [0.717, 1.165) is 13.8 Å². The highest BCUT2D eigenvalue weighted by atomic mass is 31.2. The Morgan fingerprint density at radius 2 is 2.07 bits per heavy atom. The molecule has 15 heavy (non-hydrogen) atoms. The monoisotopic (exact) mass is 235 g/mol. The van der Waals surface area contributed by atoms with Gasteiger partial charge in [-0.25, -0.2) is 4.79 Å². The van der Waals surface area contributed by atoms with E-state index in [1.54, 1.807) is 0 Å². The summed E-state index contributed by atoms with van der Waals surface area (Å²) in [6.07, 6.45) is 0.978. The van der Waals surface area contributed by atoms with Gasteiger partial charge in [-0.3, -0.25) is 9.36 Å². The van der Waals surface area contributed by atoms with Gasteiger partial charge in [-0.2, -0.15) is 0 Å². The fourth-order valence-corrected chi connectivity index (χ4v) is 1.27. The third kappa shape index (κ3) is 6.88. The zero-order valence-electron chi connectivity index (χ0n) is 8.81. The summed E-state index contributed by atoms with van der Waals surface area (Å²) in [7, 11) is -2.09. The second-order valence-electron chi connectivity index (χ2n) is 3.02. The lowest BCUT2D eigenvalue weighted by Crippen LogP contribution is -2.26. The van der Waals surface area contributed by atoms with Gasteiger partial charge in [0, 0.05) is 19.8 Å². The Morgan fingerprint density at radius 3 is 2.40 bits per heavy atom. The maximum Gasteiger partial charge on any atom is 0.354 e. The molecule has 0 aliphatic heterocycles. The quantitative estimate of drug-likeness (QED) is 0.409. The molecule has 6 nitrogen and oxygen atoms in total. The fraction of sp³-hybridized carbons (Fsp3) is 0.500. The van der Waals surface area contributed by atoms with Gasteiger partial charge in [0.2, 0.25) is 13.3 Å². The van der Waals surface area contributed by atoms with Crippen LogP contribution >= 0.6 is 7.37 Å². The summed E-state index contributed by atoms with van der Waals surface area (Å²) < 4.78 is 15.3. The maximum atomic E-state index is 11.1. The van der Waals surface area contributed by atoms with Gasteiger partial charge in [-0.15, -0.1) is 0 Å². The van der Waals surface area contributed by atoms with Crippen molar-refractivity contribution in [1.82, 2.24) is 5.32 Å². The molecule has 0 aromatic heterocycles. The number of rotatable bonds is 4. The van der Waals surface area contributed by atoms with Crippen molar-refractivity contribution in [2.24, 2.45) is 0 Å². The van der Waals surface area contributed by atoms with Crippen LogP contribution in [0.25, 0.3) is 0 Å². The third-order valence-electron chi connectivity index (χ3n) is 1.35. The molecule has 0 rings (SSSR count). The number of carbonyl (C=O) groups is 2. The average Bonchev–Trinajstić information content (AvgIpc) is 2.09. The minimum Gasteiger partial charge on any atom is -0.464 e. The molecular weight excluding hydrogens is 221 g/mol. The second kappa shape index (κ2) is 5.68. The lowest BCUT2D eigenvalue weighted by Gasteiger charge is -2.06. The molecule has 1 atom stereocenters. The van der Waals surface area contributed by atoms with E-state index in [4.69, 9.17) is 4.89 Å². The molecule has 0 aliphatic carbocycles. The van der Waals surface area contributed by atoms with E-state index in [2.05, 4.69) is 10.1 Å². The highest BCUT2D eigenvalue weighted by Crippen LogP contribution is 2.34. The van der Waals surface area contributed by atoms with E-state index in [9.17, 15) is 14.2 Å². The number of hydrogen-bond donors (Lipinski definition) is 2. The molecule has 1 amide bonds. The Hall–Kier alpha value is -1.13. The third-order valence-corrected chi connectivity index (χ3v) is 2.21. The molecule has 0 saturated heterocycles. The molecule has 86 valence electrons. The minimum atomic E-state index is -3.25. The van der Waals surface area contributed by atoms with Crippen LogP contribution in [0.5, 0.6) is 0 Å². The Labute approximate surface area is 87.8 Å². The van der Waals surface area contributed by atoms with Crippen LogP contribution in [-0.4, -0.2) is 36.7 Å². The van der Waals surface area contributed by atoms with Crippen LogP contribution < -0.4 is 5.32 Å². The van der Waals surface area contributed by atoms with Crippen molar-refractivity contribution < 1.29 is 23.8 Å². The number of amides is 1. The molecule has 0 bridgehead atoms. The first-order valence-electron chi connectivity index (χ1n) is 4.11. The summed E-state index contributed by atoms with van der Waals surface area (Å²) in [5.74, 6) is -1.20. The van der Waals surface area contributed by atoms with Gasteiger partial charge in [-0.1, -0.05) is 0 Å². The Bertz CT molecular complexity index is 330. The largest absolute Gasteiger partial charge is 0.464 e. The average molecular weight is 235 g/mol. The smallest absolute Gasteiger partial charge is 0.354 e. The first-order valence-corrected chi connectivity index (χ1v) is 6.41. The number of esters is 1. The van der Waals surface area contributed by atoms with Gasteiger partial charge >= 0.3 is 5.97 Å². The number of allylic oxidation sites excluding steroid dienone is 1. The zero-order chi connectivity index (χ0) is 12.1. The molecular formula is C8H14NO5P. The molecule has 0 spiro atoms. The van der Waals surface area contributed by atoms with Crippen LogP contribution in [0, 0.1) is 0 Å². The normalized spacial score (nSPS) is 15.3. The topological polar surface area (TPSA) is 92.7 Å². The second-order valence-corrected chi connectivity index (χ2v) is 5.49. The molecule has 0 aromatic rings. The Morgan fingerprint density at radius 1 is 1.53 bits per heavy atom. The first kappa shape index (κ1) is 13.9. The lowest BCUT2D eigenvalue weighted by atomic mass is 10.4. The summed E-state index contributed by atoms with van der Waals surface area (Å²) in [5.41, 5.74) is -0.124. The maximum absolute atomic E-state index is 11.1. The van der Waals surface area contributed by atoms with Gasteiger partial charge in [0.05, 0.1) is 7.11 Å². The van der Waals surface area contributed by atoms with Crippen molar-refractivity contribution in [3.63, 3.8) is 0 Å². The van der Waals surface area contributed by atoms with Crippen molar-refractivity contribution in [3.05, 3.63) is 11.8 Å². The lowest BCUT2D eigenvalue weighted by molar-refractivity contribution is -0.137. The van der Waals surface area contributed by atoms with Gasteiger partial charge in [0.1, 0.15) is 5.70 Å². The van der Waals surface area contributed by atoms with Crippen LogP contribution in [0.4, 0.5) is 0 Å². The van der Waals surface area contributed by atoms with Crippen LogP contribution in [0.1, 0.15) is 6.92 Å². The molecule has 0 heterocycles. The van der Waals surface area contributed by atoms with Gasteiger partial charge in [0.15, 0.2) is 0 Å². The summed E-state index contributed by atoms with van der Waals surface area (Å²) in [5, 5.41) is 2.22. The van der Waals surface area contributed by atoms with Crippen molar-refractivity contribution in [1.29, 1.82) is 0 Å². The minimum absolute atomic E-state index is 0.124. The van der Waals surface area contributed by atoms with Gasteiger partial charge < -0.3 is 14.9 Å². The standard InChI is InChI=1S/C8H14NO5P/c1-6(10)9-7(8(11)14-2)4-5-15(3,12)13/h4H,5H2,1-3H3,(H,9,10)(H,12,13)/b7-4-. The van der Waals surface area contributed by atoms with Crippen molar-refractivity contribution in [2.45, 2.75) is 6.92 Å². The van der Waals surface area contributed by atoms with Crippen molar-refractivity contribution in [3.8, 4) is 0 Å². The summed E-state index contributed by atoms with van der Waals surface area (Å²) in [6.45, 7) is 2.38. The number of hydrogen-bond acceptors (Lipinski definition) is 4. The molecule has 0 fully saturated rings.